The van der Waals surface area contributed by atoms with Gasteiger partial charge < -0.3 is 98.8 Å². The fourth-order valence-corrected chi connectivity index (χ4v) is 15.1. The van der Waals surface area contributed by atoms with E-state index in [1.807, 2.05) is 0 Å². The molecule has 5 saturated heterocycles. The largest absolute Gasteiger partial charge is 0.481 e. The summed E-state index contributed by atoms with van der Waals surface area (Å²) in [6.45, 7) is 8.94. The Bertz CT molecular complexity index is 1980. The fourth-order valence-electron chi connectivity index (χ4n) is 15.1. The Morgan fingerprint density at radius 3 is 2.10 bits per heavy atom. The number of fused-ring (bicyclic) bond motifs is 7. The first kappa shape index (κ1) is 55.7. The third-order valence-corrected chi connectivity index (χ3v) is 19.2. The predicted molar refractivity (Wildman–Crippen MR) is 247 cm³/mol. The molecule has 416 valence electrons. The lowest BCUT2D eigenvalue weighted by Gasteiger charge is -2.58. The number of carbonyl (C=O) groups excluding carboxylic acids is 1. The second-order valence-electron chi connectivity index (χ2n) is 23.7. The summed E-state index contributed by atoms with van der Waals surface area (Å²) in [7, 11) is 0. The number of aliphatic hydroxyl groups excluding tert-OH is 10. The van der Waals surface area contributed by atoms with Crippen molar-refractivity contribution in [1.29, 1.82) is 0 Å². The van der Waals surface area contributed by atoms with E-state index in [0.717, 1.165) is 32.1 Å². The van der Waals surface area contributed by atoms with Crippen LogP contribution in [-0.2, 0) is 52.2 Å². The van der Waals surface area contributed by atoms with E-state index >= 15 is 0 Å². The molecule has 27 unspecified atom stereocenters. The molecule has 22 nitrogen and oxygen atoms in total. The van der Waals surface area contributed by atoms with Crippen molar-refractivity contribution in [1.82, 2.24) is 0 Å². The zero-order valence-corrected chi connectivity index (χ0v) is 42.4. The van der Waals surface area contributed by atoms with Crippen molar-refractivity contribution in [3.8, 4) is 0 Å². The highest BCUT2D eigenvalue weighted by molar-refractivity contribution is 5.74. The SMILES string of the molecule is CC1OC(OC2C(OC3CCC4(C)C(=CCC5C4CCC4(C)C5CC5OC6(CCC(COC(=O)CC(C)(CC(=O)O)OC7OC(CO)C(O)C(O)C7O)CO6)C(C)C54)C3)OC(CO)C(O)C2O)C(O)C(O)C1O. The van der Waals surface area contributed by atoms with Gasteiger partial charge in [-0.15, -0.1) is 0 Å². The van der Waals surface area contributed by atoms with Crippen LogP contribution in [0.5, 0.6) is 0 Å². The van der Waals surface area contributed by atoms with Gasteiger partial charge >= 0.3 is 11.9 Å². The van der Waals surface area contributed by atoms with Crippen LogP contribution in [0, 0.1) is 46.3 Å². The van der Waals surface area contributed by atoms with E-state index < -0.39 is 141 Å². The van der Waals surface area contributed by atoms with Crippen LogP contribution >= 0.6 is 0 Å². The van der Waals surface area contributed by atoms with Gasteiger partial charge in [-0.3, -0.25) is 9.59 Å². The smallest absolute Gasteiger partial charge is 0.308 e. The van der Waals surface area contributed by atoms with Gasteiger partial charge in [-0.2, -0.15) is 0 Å². The first-order valence-electron chi connectivity index (χ1n) is 26.5. The van der Waals surface area contributed by atoms with E-state index in [0.29, 0.717) is 50.0 Å². The van der Waals surface area contributed by atoms with Gasteiger partial charge in [0.25, 0.3) is 0 Å². The quantitative estimate of drug-likeness (QED) is 0.0761. The number of carboxylic acids is 1. The van der Waals surface area contributed by atoms with E-state index in [1.54, 1.807) is 0 Å². The number of rotatable bonds is 14. The van der Waals surface area contributed by atoms with Crippen LogP contribution in [0.1, 0.15) is 105 Å². The average Bonchev–Trinajstić information content (AvgIpc) is 3.79. The van der Waals surface area contributed by atoms with Gasteiger partial charge in [0, 0.05) is 18.3 Å². The van der Waals surface area contributed by atoms with Crippen LogP contribution in [0.25, 0.3) is 0 Å². The minimum atomic E-state index is -1.78. The molecule has 4 aliphatic carbocycles. The minimum absolute atomic E-state index is 0.0164. The van der Waals surface area contributed by atoms with Gasteiger partial charge in [-0.1, -0.05) is 32.4 Å². The molecule has 0 aromatic carbocycles. The Kier molecular flexibility index (Phi) is 16.3. The Balaban J connectivity index is 0.789. The normalized spacial score (nSPS) is 51.5. The van der Waals surface area contributed by atoms with Gasteiger partial charge in [0.1, 0.15) is 67.1 Å². The number of ether oxygens (including phenoxy) is 9. The van der Waals surface area contributed by atoms with Crippen molar-refractivity contribution >= 4 is 11.9 Å². The van der Waals surface area contributed by atoms with Crippen LogP contribution in [0.4, 0.5) is 0 Å². The number of hydrogen-bond acceptors (Lipinski definition) is 21. The van der Waals surface area contributed by atoms with Gasteiger partial charge in [0.15, 0.2) is 24.7 Å². The zero-order valence-electron chi connectivity index (χ0n) is 42.4. The topological polar surface area (TPSA) is 340 Å². The van der Waals surface area contributed by atoms with Crippen LogP contribution < -0.4 is 0 Å². The summed E-state index contributed by atoms with van der Waals surface area (Å²) in [5.74, 6) is -1.24. The minimum Gasteiger partial charge on any atom is -0.481 e. The summed E-state index contributed by atoms with van der Waals surface area (Å²) in [5, 5.41) is 113. The highest BCUT2D eigenvalue weighted by Crippen LogP contribution is 2.71. The Morgan fingerprint density at radius 1 is 0.753 bits per heavy atom. The van der Waals surface area contributed by atoms with Crippen molar-refractivity contribution in [3.63, 3.8) is 0 Å². The van der Waals surface area contributed by atoms with Crippen LogP contribution in [0.15, 0.2) is 11.6 Å². The molecule has 27 atom stereocenters. The maximum Gasteiger partial charge on any atom is 0.308 e. The zero-order chi connectivity index (χ0) is 52.7. The van der Waals surface area contributed by atoms with Crippen molar-refractivity contribution in [2.45, 2.75) is 221 Å². The molecule has 0 bridgehead atoms. The second-order valence-corrected chi connectivity index (χ2v) is 23.7. The lowest BCUT2D eigenvalue weighted by Crippen LogP contribution is -2.64. The molecule has 0 aromatic heterocycles. The molecule has 5 heterocycles. The van der Waals surface area contributed by atoms with E-state index in [2.05, 4.69) is 26.8 Å². The molecule has 0 amide bonds. The standard InChI is InChI=1S/C51H80O22/c1-22-35-30(72-51(22)13-8-24(21-66-51)20-65-34(56)17-48(3,16-33(54)55)73-46-43(64)40(61)37(58)31(18-52)69-46)15-29-27-7-6-25-14-26(9-11-49(25,4)28(27)10-12-50(29,35)5)68-47-44(41(62)38(59)32(19-53)70-47)71-45-42(63)39(60)36(57)23(2)67-45/h6,22-24,26-32,35-47,52-53,57-64H,7-21H2,1-5H3,(H,54,55). The summed E-state index contributed by atoms with van der Waals surface area (Å²) >= 11 is 0. The first-order chi connectivity index (χ1) is 34.5. The molecule has 22 heteroatoms. The van der Waals surface area contributed by atoms with Crippen LogP contribution in [-0.4, -0.2) is 210 Å². The number of allylic oxidation sites excluding steroid dienone is 1. The summed E-state index contributed by atoms with van der Waals surface area (Å²) in [6.07, 6.45) is -13.8. The number of aliphatic hydroxyl groups is 10. The molecule has 11 N–H and O–H groups in total. The van der Waals surface area contributed by atoms with Crippen molar-refractivity contribution in [3.05, 3.63) is 11.6 Å². The Hall–Kier alpha value is -2.04. The maximum atomic E-state index is 13.2. The number of esters is 1. The number of aliphatic carboxylic acids is 1. The summed E-state index contributed by atoms with van der Waals surface area (Å²) < 4.78 is 54.7. The maximum absolute atomic E-state index is 13.2. The van der Waals surface area contributed by atoms with E-state index in [9.17, 15) is 65.8 Å². The van der Waals surface area contributed by atoms with Crippen molar-refractivity contribution in [2.24, 2.45) is 46.3 Å². The average molecular weight is 1050 g/mol. The van der Waals surface area contributed by atoms with Gasteiger partial charge in [0.05, 0.1) is 63.2 Å². The highest BCUT2D eigenvalue weighted by atomic mass is 16.8. The molecule has 1 spiro atoms. The van der Waals surface area contributed by atoms with Gasteiger partial charge in [0.2, 0.25) is 0 Å². The molecule has 9 rings (SSSR count). The number of hydrogen-bond donors (Lipinski definition) is 11. The Labute approximate surface area is 424 Å². The third-order valence-electron chi connectivity index (χ3n) is 19.2. The molecule has 73 heavy (non-hydrogen) atoms. The molecular weight excluding hydrogens is 965 g/mol. The fraction of sp³-hybridized carbons (Fsp3) is 0.922. The molecule has 9 aliphatic rings. The molecule has 0 radical (unpaired) electrons. The second kappa shape index (κ2) is 21.3. The predicted octanol–water partition coefficient (Wildman–Crippen LogP) is -0.647. The number of carboxylic acid groups (broad SMARTS) is 1. The monoisotopic (exact) mass is 1040 g/mol. The molecule has 5 aliphatic heterocycles. The molecule has 0 aromatic rings. The summed E-state index contributed by atoms with van der Waals surface area (Å²) in [6, 6.07) is 0. The Morgan fingerprint density at radius 2 is 1.42 bits per heavy atom. The lowest BCUT2D eigenvalue weighted by atomic mass is 9.47. The van der Waals surface area contributed by atoms with Crippen molar-refractivity contribution in [2.75, 3.05) is 26.4 Å². The van der Waals surface area contributed by atoms with Gasteiger partial charge in [-0.05, 0) is 99.7 Å². The van der Waals surface area contributed by atoms with Gasteiger partial charge in [-0.25, -0.2) is 0 Å². The third kappa shape index (κ3) is 10.2. The van der Waals surface area contributed by atoms with Crippen LogP contribution in [0.2, 0.25) is 0 Å². The lowest BCUT2D eigenvalue weighted by molar-refractivity contribution is -0.369. The van der Waals surface area contributed by atoms with Crippen LogP contribution in [0.3, 0.4) is 0 Å². The summed E-state index contributed by atoms with van der Waals surface area (Å²) in [5.41, 5.74) is -0.479. The van der Waals surface area contributed by atoms with Crippen molar-refractivity contribution < 1.29 is 108 Å². The van der Waals surface area contributed by atoms with E-state index in [-0.39, 0.29) is 47.4 Å². The first-order valence-corrected chi connectivity index (χ1v) is 26.5. The number of carbonyl (C=O) groups is 2. The molecule has 3 saturated carbocycles. The van der Waals surface area contributed by atoms with E-state index in [4.69, 9.17) is 42.6 Å². The molecular formula is C51H80O22. The van der Waals surface area contributed by atoms with E-state index in [1.165, 1.54) is 19.4 Å². The molecule has 8 fully saturated rings. The summed E-state index contributed by atoms with van der Waals surface area (Å²) in [4.78, 5) is 25.0. The highest BCUT2D eigenvalue weighted by Gasteiger charge is 2.69.